The van der Waals surface area contributed by atoms with Crippen LogP contribution in [0.25, 0.3) is 5.57 Å². The number of benzene rings is 1. The van der Waals surface area contributed by atoms with Gasteiger partial charge in [0.1, 0.15) is 17.7 Å². The number of ketones is 1. The lowest BCUT2D eigenvalue weighted by molar-refractivity contribution is 0.104. The zero-order chi connectivity index (χ0) is 13.3. The molecule has 0 unspecified atom stereocenters. The van der Waals surface area contributed by atoms with Crippen LogP contribution in [-0.4, -0.2) is 5.78 Å². The minimum atomic E-state index is -0.108. The fourth-order valence-electron chi connectivity index (χ4n) is 2.16. The molecule has 3 heteroatoms. The lowest BCUT2D eigenvalue weighted by atomic mass is 9.97. The Balaban J connectivity index is 2.92. The van der Waals surface area contributed by atoms with E-state index in [4.69, 9.17) is 10.5 Å². The normalized spacial score (nSPS) is 12.8. The van der Waals surface area contributed by atoms with Gasteiger partial charge in [-0.1, -0.05) is 29.8 Å². The van der Waals surface area contributed by atoms with Crippen LogP contribution in [0.5, 0.6) is 0 Å². The molecular weight excluding hydrogens is 224 g/mol. The summed E-state index contributed by atoms with van der Waals surface area (Å²) in [5.41, 5.74) is 3.00. The highest BCUT2D eigenvalue weighted by Gasteiger charge is 2.32. The van der Waals surface area contributed by atoms with Crippen LogP contribution >= 0.6 is 0 Å². The van der Waals surface area contributed by atoms with Crippen molar-refractivity contribution in [2.75, 3.05) is 0 Å². The second kappa shape index (κ2) is 4.31. The van der Waals surface area contributed by atoms with Gasteiger partial charge in [0.25, 0.3) is 0 Å². The third-order valence-electron chi connectivity index (χ3n) is 2.89. The first-order valence-corrected chi connectivity index (χ1v) is 5.48. The van der Waals surface area contributed by atoms with E-state index in [9.17, 15) is 4.79 Å². The Morgan fingerprint density at radius 2 is 1.56 bits per heavy atom. The molecule has 0 amide bonds. The maximum atomic E-state index is 12.3. The molecule has 3 nitrogen and oxygen atoms in total. The zero-order valence-corrected chi connectivity index (χ0v) is 10.1. The Labute approximate surface area is 105 Å². The second-order valence-corrected chi connectivity index (χ2v) is 4.22. The van der Waals surface area contributed by atoms with Crippen molar-refractivity contribution in [3.8, 4) is 12.1 Å². The predicted molar refractivity (Wildman–Crippen MR) is 67.3 cm³/mol. The summed E-state index contributed by atoms with van der Waals surface area (Å²) >= 11 is 0. The first kappa shape index (κ1) is 11.8. The Bertz CT molecular complexity index is 674. The van der Waals surface area contributed by atoms with Gasteiger partial charge in [0, 0.05) is 16.7 Å². The molecule has 86 valence electrons. The van der Waals surface area contributed by atoms with Crippen LogP contribution in [0.2, 0.25) is 0 Å². The monoisotopic (exact) mass is 234 g/mol. The molecule has 0 fully saturated rings. The minimum Gasteiger partial charge on any atom is -0.289 e. The van der Waals surface area contributed by atoms with Gasteiger partial charge in [-0.2, -0.15) is 10.5 Å². The molecule has 1 aliphatic carbocycles. The number of allylic oxidation sites excluding steroid dienone is 4. The molecule has 0 saturated carbocycles. The van der Waals surface area contributed by atoms with E-state index in [0.717, 1.165) is 5.57 Å². The molecule has 1 aromatic rings. The number of fused-ring (bicyclic) bond motifs is 1. The smallest absolute Gasteiger partial charge is 0.194 e. The third-order valence-corrected chi connectivity index (χ3v) is 2.89. The minimum absolute atomic E-state index is 0.00972. The molecule has 0 bridgehead atoms. The summed E-state index contributed by atoms with van der Waals surface area (Å²) in [6.07, 6.45) is 0. The first-order chi connectivity index (χ1) is 8.61. The van der Waals surface area contributed by atoms with E-state index >= 15 is 0 Å². The number of nitrogens with zero attached hydrogens (tertiary/aromatic N) is 2. The van der Waals surface area contributed by atoms with Crippen molar-refractivity contribution < 1.29 is 4.79 Å². The average Bonchev–Trinajstić information content (AvgIpc) is 2.66. The summed E-state index contributed by atoms with van der Waals surface area (Å²) < 4.78 is 0. The highest BCUT2D eigenvalue weighted by Crippen LogP contribution is 2.39. The van der Waals surface area contributed by atoms with Gasteiger partial charge in [-0.25, -0.2) is 0 Å². The van der Waals surface area contributed by atoms with Crippen molar-refractivity contribution in [2.45, 2.75) is 13.8 Å². The van der Waals surface area contributed by atoms with Crippen molar-refractivity contribution in [1.82, 2.24) is 0 Å². The molecule has 0 saturated heterocycles. The average molecular weight is 234 g/mol. The molecule has 0 spiro atoms. The summed E-state index contributed by atoms with van der Waals surface area (Å²) in [5, 5.41) is 18.1. The van der Waals surface area contributed by atoms with Gasteiger partial charge < -0.3 is 0 Å². The van der Waals surface area contributed by atoms with Crippen LogP contribution in [0.1, 0.15) is 29.8 Å². The van der Waals surface area contributed by atoms with Gasteiger partial charge in [-0.05, 0) is 19.4 Å². The topological polar surface area (TPSA) is 64.7 Å². The van der Waals surface area contributed by atoms with Crippen LogP contribution in [0.4, 0.5) is 0 Å². The van der Waals surface area contributed by atoms with Gasteiger partial charge in [0.15, 0.2) is 5.78 Å². The van der Waals surface area contributed by atoms with E-state index < -0.39 is 0 Å². The fraction of sp³-hybridized carbons (Fsp3) is 0.133. The number of carbonyl (C=O) groups is 1. The molecule has 2 rings (SSSR count). The van der Waals surface area contributed by atoms with E-state index in [2.05, 4.69) is 0 Å². The number of nitriles is 2. The Kier molecular flexibility index (Phi) is 2.83. The lowest BCUT2D eigenvalue weighted by Crippen LogP contribution is -1.97. The number of hydrogen-bond donors (Lipinski definition) is 0. The number of hydrogen-bond acceptors (Lipinski definition) is 3. The summed E-state index contributed by atoms with van der Waals surface area (Å²) in [4.78, 5) is 12.3. The van der Waals surface area contributed by atoms with Gasteiger partial charge in [0.2, 0.25) is 0 Å². The largest absolute Gasteiger partial charge is 0.289 e. The summed E-state index contributed by atoms with van der Waals surface area (Å²) in [7, 11) is 0. The number of Topliss-reactive ketones (excluding diaryl/α,β-unsaturated/α-hetero) is 1. The van der Waals surface area contributed by atoms with Crippen molar-refractivity contribution in [1.29, 1.82) is 10.5 Å². The van der Waals surface area contributed by atoms with E-state index in [-0.39, 0.29) is 11.4 Å². The number of carbonyl (C=O) groups excluding carboxylic acids is 1. The molecule has 0 aliphatic heterocycles. The Morgan fingerprint density at radius 1 is 1.00 bits per heavy atom. The Hall–Kier alpha value is -2.65. The van der Waals surface area contributed by atoms with Crippen LogP contribution < -0.4 is 0 Å². The molecular formula is C15H10N2O. The molecule has 1 aromatic carbocycles. The first-order valence-electron chi connectivity index (χ1n) is 5.48. The van der Waals surface area contributed by atoms with E-state index in [1.165, 1.54) is 0 Å². The van der Waals surface area contributed by atoms with Crippen molar-refractivity contribution >= 4 is 11.4 Å². The zero-order valence-electron chi connectivity index (χ0n) is 10.1. The van der Waals surface area contributed by atoms with E-state index in [1.807, 2.05) is 26.0 Å². The highest BCUT2D eigenvalue weighted by molar-refractivity contribution is 6.28. The van der Waals surface area contributed by atoms with Gasteiger partial charge >= 0.3 is 0 Å². The summed E-state index contributed by atoms with van der Waals surface area (Å²) in [5.74, 6) is -0.108. The third kappa shape index (κ3) is 1.54. The fourth-order valence-corrected chi connectivity index (χ4v) is 2.16. The van der Waals surface area contributed by atoms with Crippen LogP contribution in [-0.2, 0) is 0 Å². The maximum absolute atomic E-state index is 12.3. The molecule has 0 atom stereocenters. The number of rotatable bonds is 0. The summed E-state index contributed by atoms with van der Waals surface area (Å²) in [6, 6.07) is 10.8. The van der Waals surface area contributed by atoms with Gasteiger partial charge in [-0.3, -0.25) is 4.79 Å². The van der Waals surface area contributed by atoms with Gasteiger partial charge in [-0.15, -0.1) is 0 Å². The second-order valence-electron chi connectivity index (χ2n) is 4.22. The standard InChI is InChI=1S/C15H10N2O/c1-9(2)13-14(10(7-16)8-17)11-5-3-4-6-12(11)15(13)18/h3-6H,1-2H3. The quantitative estimate of drug-likeness (QED) is 0.512. The van der Waals surface area contributed by atoms with E-state index in [0.29, 0.717) is 22.3 Å². The molecule has 0 N–H and O–H groups in total. The molecule has 0 radical (unpaired) electrons. The van der Waals surface area contributed by atoms with Crippen molar-refractivity contribution in [3.05, 3.63) is 52.1 Å². The van der Waals surface area contributed by atoms with Crippen LogP contribution in [0.3, 0.4) is 0 Å². The molecule has 1 aliphatic rings. The van der Waals surface area contributed by atoms with Crippen molar-refractivity contribution in [3.63, 3.8) is 0 Å². The molecule has 18 heavy (non-hydrogen) atoms. The van der Waals surface area contributed by atoms with Crippen LogP contribution in [0, 0.1) is 22.7 Å². The highest BCUT2D eigenvalue weighted by atomic mass is 16.1. The SMILES string of the molecule is CC(C)=C1C(=O)c2ccccc2C1=C(C#N)C#N. The van der Waals surface area contributed by atoms with Crippen molar-refractivity contribution in [2.24, 2.45) is 0 Å². The van der Waals surface area contributed by atoms with Crippen LogP contribution in [0.15, 0.2) is 41.0 Å². The van der Waals surface area contributed by atoms with Gasteiger partial charge in [0.05, 0.1) is 0 Å². The Morgan fingerprint density at radius 3 is 2.06 bits per heavy atom. The lowest BCUT2D eigenvalue weighted by Gasteiger charge is -2.03. The molecule has 0 heterocycles. The summed E-state index contributed by atoms with van der Waals surface area (Å²) in [6.45, 7) is 3.62. The van der Waals surface area contributed by atoms with E-state index in [1.54, 1.807) is 24.3 Å². The predicted octanol–water partition coefficient (Wildman–Crippen LogP) is 3.02. The molecule has 0 aromatic heterocycles. The maximum Gasteiger partial charge on any atom is 0.194 e.